The molecule has 0 saturated carbocycles. The highest BCUT2D eigenvalue weighted by Gasteiger charge is 2.20. The van der Waals surface area contributed by atoms with Gasteiger partial charge in [-0.3, -0.25) is 4.79 Å². The van der Waals surface area contributed by atoms with Gasteiger partial charge in [0.05, 0.1) is 12.5 Å². The Morgan fingerprint density at radius 2 is 1.83 bits per heavy atom. The Morgan fingerprint density at radius 3 is 2.33 bits per heavy atom. The smallest absolute Gasteiger partial charge is 0.318 e. The van der Waals surface area contributed by atoms with E-state index in [4.69, 9.17) is 0 Å². The molecule has 0 aliphatic carbocycles. The lowest BCUT2D eigenvalue weighted by Crippen LogP contribution is -2.24. The molecule has 0 heterocycles. The van der Waals surface area contributed by atoms with Crippen LogP contribution in [0.25, 0.3) is 0 Å². The number of hydrogen-bond acceptors (Lipinski definition) is 4. The van der Waals surface area contributed by atoms with E-state index < -0.39 is 5.97 Å². The van der Waals surface area contributed by atoms with Gasteiger partial charge in [0, 0.05) is 12.5 Å². The summed E-state index contributed by atoms with van der Waals surface area (Å²) in [6.45, 7) is 1.26. The molecule has 0 radical (unpaired) electrons. The Morgan fingerprint density at radius 1 is 1.22 bits per heavy atom. The fourth-order valence-corrected chi connectivity index (χ4v) is 2.01. The van der Waals surface area contributed by atoms with Crippen LogP contribution in [-0.4, -0.2) is 35.7 Å². The van der Waals surface area contributed by atoms with Crippen LogP contribution in [0.4, 0.5) is 0 Å². The zero-order valence-corrected chi connectivity index (χ0v) is 11.5. The fraction of sp³-hybridized carbons (Fsp3) is 0.308. The largest absolute Gasteiger partial charge is 0.331 e. The number of benzene rings is 1. The van der Waals surface area contributed by atoms with Crippen LogP contribution in [-0.2, 0) is 20.5 Å². The third-order valence-electron chi connectivity index (χ3n) is 2.01. The molecule has 0 aromatic heterocycles. The average Bonchev–Trinajstić information content (AvgIpc) is 2.34. The topological polar surface area (TPSA) is 55.7 Å². The second-order valence-corrected chi connectivity index (χ2v) is 6.21. The van der Waals surface area contributed by atoms with Crippen molar-refractivity contribution in [3.05, 3.63) is 35.9 Å². The maximum atomic E-state index is 12.2. The van der Waals surface area contributed by atoms with Crippen molar-refractivity contribution < 1.29 is 14.4 Å². The van der Waals surface area contributed by atoms with Gasteiger partial charge in [0.1, 0.15) is 0 Å². The van der Waals surface area contributed by atoms with E-state index in [1.807, 2.05) is 18.6 Å². The number of carbonyl (C=O) groups excluding carboxylic acids is 2. The van der Waals surface area contributed by atoms with Crippen molar-refractivity contribution in [3.8, 4) is 0 Å². The first-order valence-corrected chi connectivity index (χ1v) is 7.60. The molecule has 96 valence electrons. The summed E-state index contributed by atoms with van der Waals surface area (Å²) >= 11 is 0. The Labute approximate surface area is 109 Å². The molecule has 0 aliphatic rings. The standard InChI is InChI=1S/C13H16NO3S/c1-10(15)17-14-12(9-18(2)3)13(16)11-7-5-4-6-8-11/h4-8H,9H2,1-3H3/q+1. The number of ketones is 1. The first-order valence-electron chi connectivity index (χ1n) is 5.39. The lowest BCUT2D eigenvalue weighted by Gasteiger charge is -2.03. The van der Waals surface area contributed by atoms with E-state index in [-0.39, 0.29) is 22.4 Å². The van der Waals surface area contributed by atoms with E-state index in [2.05, 4.69) is 9.99 Å². The molecule has 0 bridgehead atoms. The molecule has 18 heavy (non-hydrogen) atoms. The highest BCUT2D eigenvalue weighted by atomic mass is 32.2. The molecule has 4 nitrogen and oxygen atoms in total. The van der Waals surface area contributed by atoms with Gasteiger partial charge in [0.15, 0.2) is 11.5 Å². The third kappa shape index (κ3) is 4.71. The van der Waals surface area contributed by atoms with Crippen LogP contribution >= 0.6 is 0 Å². The Balaban J connectivity index is 2.92. The second-order valence-electron chi connectivity index (χ2n) is 3.95. The van der Waals surface area contributed by atoms with E-state index >= 15 is 0 Å². The number of carbonyl (C=O) groups is 2. The zero-order chi connectivity index (χ0) is 13.5. The molecular formula is C13H16NO3S+. The average molecular weight is 266 g/mol. The van der Waals surface area contributed by atoms with Gasteiger partial charge >= 0.3 is 5.97 Å². The minimum atomic E-state index is -0.527. The summed E-state index contributed by atoms with van der Waals surface area (Å²) in [5, 5.41) is 3.66. The molecule has 1 rings (SSSR count). The number of oxime groups is 1. The van der Waals surface area contributed by atoms with Gasteiger partial charge in [-0.25, -0.2) is 4.79 Å². The van der Waals surface area contributed by atoms with Crippen molar-refractivity contribution in [2.24, 2.45) is 5.16 Å². The van der Waals surface area contributed by atoms with Crippen LogP contribution in [0.3, 0.4) is 0 Å². The van der Waals surface area contributed by atoms with Gasteiger partial charge in [-0.2, -0.15) is 0 Å². The normalized spacial score (nSPS) is 11.4. The van der Waals surface area contributed by atoms with Gasteiger partial charge in [0.25, 0.3) is 0 Å². The van der Waals surface area contributed by atoms with Crippen LogP contribution in [0.5, 0.6) is 0 Å². The van der Waals surface area contributed by atoms with Crippen LogP contribution in [0, 0.1) is 0 Å². The summed E-state index contributed by atoms with van der Waals surface area (Å²) in [6.07, 6.45) is 4.00. The van der Waals surface area contributed by atoms with Crippen LogP contribution in [0.15, 0.2) is 35.5 Å². The first kappa shape index (κ1) is 14.4. The Hall–Kier alpha value is -1.62. The number of nitrogens with zero attached hydrogens (tertiary/aromatic N) is 1. The molecule has 1 aromatic rings. The molecule has 0 atom stereocenters. The van der Waals surface area contributed by atoms with Crippen molar-refractivity contribution >= 4 is 28.4 Å². The Kier molecular flexibility index (Phi) is 5.58. The molecule has 0 fully saturated rings. The van der Waals surface area contributed by atoms with Gasteiger partial charge < -0.3 is 4.84 Å². The van der Waals surface area contributed by atoms with Crippen LogP contribution < -0.4 is 0 Å². The summed E-state index contributed by atoms with van der Waals surface area (Å²) < 4.78 is 0. The van der Waals surface area contributed by atoms with E-state index in [9.17, 15) is 9.59 Å². The summed E-state index contributed by atoms with van der Waals surface area (Å²) in [6, 6.07) is 8.84. The number of Topliss-reactive ketones (excluding diaryl/α,β-unsaturated/α-hetero) is 1. The number of rotatable bonds is 5. The third-order valence-corrected chi connectivity index (χ3v) is 2.86. The molecule has 1 aromatic carbocycles. The SMILES string of the molecule is CC(=O)ON=C(C[S+](C)C)C(=O)c1ccccc1. The van der Waals surface area contributed by atoms with E-state index in [0.717, 1.165) is 0 Å². The minimum Gasteiger partial charge on any atom is -0.318 e. The van der Waals surface area contributed by atoms with E-state index in [1.54, 1.807) is 24.3 Å². The molecule has 0 saturated heterocycles. The summed E-state index contributed by atoms with van der Waals surface area (Å²) in [7, 11) is 0.00238. The highest BCUT2D eigenvalue weighted by Crippen LogP contribution is 2.04. The van der Waals surface area contributed by atoms with Gasteiger partial charge in [0.2, 0.25) is 5.78 Å². The van der Waals surface area contributed by atoms with Crippen LogP contribution in [0.1, 0.15) is 17.3 Å². The van der Waals surface area contributed by atoms with Crippen LogP contribution in [0.2, 0.25) is 0 Å². The molecule has 5 heteroatoms. The fourth-order valence-electron chi connectivity index (χ4n) is 1.28. The minimum absolute atomic E-state index is 0.00238. The van der Waals surface area contributed by atoms with E-state index in [1.165, 1.54) is 6.92 Å². The summed E-state index contributed by atoms with van der Waals surface area (Å²) in [5.41, 5.74) is 0.832. The predicted molar refractivity (Wildman–Crippen MR) is 74.1 cm³/mol. The van der Waals surface area contributed by atoms with Gasteiger partial charge in [-0.15, -0.1) is 0 Å². The maximum absolute atomic E-state index is 12.2. The molecule has 0 spiro atoms. The predicted octanol–water partition coefficient (Wildman–Crippen LogP) is 1.67. The summed E-state index contributed by atoms with van der Waals surface area (Å²) in [4.78, 5) is 27.5. The van der Waals surface area contributed by atoms with Crippen molar-refractivity contribution in [2.45, 2.75) is 6.92 Å². The lowest BCUT2D eigenvalue weighted by atomic mass is 10.1. The molecule has 0 unspecified atom stereocenters. The summed E-state index contributed by atoms with van der Waals surface area (Å²) in [5.74, 6) is -0.223. The lowest BCUT2D eigenvalue weighted by molar-refractivity contribution is -0.140. The molecular weight excluding hydrogens is 250 g/mol. The van der Waals surface area contributed by atoms with Gasteiger partial charge in [-0.1, -0.05) is 35.5 Å². The molecule has 0 N–H and O–H groups in total. The van der Waals surface area contributed by atoms with Crippen molar-refractivity contribution in [2.75, 3.05) is 18.3 Å². The van der Waals surface area contributed by atoms with Gasteiger partial charge in [-0.05, 0) is 10.9 Å². The number of hydrogen-bond donors (Lipinski definition) is 0. The van der Waals surface area contributed by atoms with E-state index in [0.29, 0.717) is 11.3 Å². The highest BCUT2D eigenvalue weighted by molar-refractivity contribution is 7.96. The quantitative estimate of drug-likeness (QED) is 0.268. The molecule has 0 aliphatic heterocycles. The van der Waals surface area contributed by atoms with Crippen molar-refractivity contribution in [3.63, 3.8) is 0 Å². The monoisotopic (exact) mass is 266 g/mol. The zero-order valence-electron chi connectivity index (χ0n) is 10.7. The first-order chi connectivity index (χ1) is 8.50. The second kappa shape index (κ2) is 6.96. The van der Waals surface area contributed by atoms with Crippen molar-refractivity contribution in [1.29, 1.82) is 0 Å². The maximum Gasteiger partial charge on any atom is 0.331 e. The molecule has 0 amide bonds. The Bertz CT molecular complexity index is 455. The van der Waals surface area contributed by atoms with Crippen molar-refractivity contribution in [1.82, 2.24) is 0 Å².